The van der Waals surface area contributed by atoms with Gasteiger partial charge in [-0.3, -0.25) is 14.5 Å². The second-order valence-electron chi connectivity index (χ2n) is 10.5. The van der Waals surface area contributed by atoms with Gasteiger partial charge in [0.05, 0.1) is 31.4 Å². The quantitative estimate of drug-likeness (QED) is 0.0610. The van der Waals surface area contributed by atoms with E-state index in [-0.39, 0.29) is 0 Å². The molecule has 3 fully saturated rings. The van der Waals surface area contributed by atoms with Gasteiger partial charge in [-0.05, 0) is 14.0 Å². The summed E-state index contributed by atoms with van der Waals surface area (Å²) in [5.74, 6) is -1.13. The summed E-state index contributed by atoms with van der Waals surface area (Å²) in [5.41, 5.74) is 14.2. The van der Waals surface area contributed by atoms with Crippen LogP contribution in [0.3, 0.4) is 0 Å². The van der Waals surface area contributed by atoms with Crippen molar-refractivity contribution in [2.45, 2.75) is 98.2 Å². The van der Waals surface area contributed by atoms with E-state index in [0.29, 0.717) is 0 Å². The Morgan fingerprint density at radius 3 is 1.96 bits per heavy atom. The molecule has 0 aromatic heterocycles. The predicted molar refractivity (Wildman–Crippen MR) is 147 cm³/mol. The van der Waals surface area contributed by atoms with E-state index >= 15 is 0 Å². The Hall–Kier alpha value is -2.11. The lowest BCUT2D eigenvalue weighted by Crippen LogP contribution is -2.70. The summed E-state index contributed by atoms with van der Waals surface area (Å²) in [6.45, 7) is -0.204. The molecule has 2 saturated heterocycles. The van der Waals surface area contributed by atoms with Crippen LogP contribution in [0.5, 0.6) is 0 Å². The van der Waals surface area contributed by atoms with Gasteiger partial charge in [-0.25, -0.2) is 4.99 Å². The van der Waals surface area contributed by atoms with Crippen molar-refractivity contribution in [3.05, 3.63) is 0 Å². The summed E-state index contributed by atoms with van der Waals surface area (Å²) in [7, 11) is -3.23. The zero-order valence-electron chi connectivity index (χ0n) is 24.0. The van der Waals surface area contributed by atoms with Crippen LogP contribution < -0.4 is 27.8 Å². The molecule has 0 radical (unpaired) electrons. The van der Waals surface area contributed by atoms with Gasteiger partial charge in [0.2, 0.25) is 0 Å². The molecule has 3 rings (SSSR count). The number of likely N-dealkylation sites (N-methyl/N-ethyl adjacent to an activating group) is 1. The number of aliphatic hydroxyl groups is 8. The average molecular weight is 682 g/mol. The van der Waals surface area contributed by atoms with Crippen LogP contribution in [0.1, 0.15) is 6.92 Å². The van der Waals surface area contributed by atoms with E-state index < -0.39 is 127 Å². The van der Waals surface area contributed by atoms with Crippen molar-refractivity contribution in [3.63, 3.8) is 0 Å². The molecule has 0 aromatic carbocycles. The molecule has 23 nitrogen and oxygen atoms in total. The Kier molecular flexibility index (Phi) is 13.6. The van der Waals surface area contributed by atoms with E-state index in [1.165, 1.54) is 14.0 Å². The molecule has 0 spiro atoms. The van der Waals surface area contributed by atoms with Crippen molar-refractivity contribution < 1.29 is 77.3 Å². The molecule has 2 heterocycles. The first kappa shape index (κ1) is 39.1. The third kappa shape index (κ3) is 9.25. The smallest absolute Gasteiger partial charge is 0.394 e. The number of hydrogen-bond donors (Lipinski definition) is 16. The van der Waals surface area contributed by atoms with Gasteiger partial charge >= 0.3 is 10.4 Å². The van der Waals surface area contributed by atoms with E-state index in [1.807, 2.05) is 0 Å². The number of nitrogens with two attached hydrogens (primary N) is 3. The highest BCUT2D eigenvalue weighted by atomic mass is 32.3. The summed E-state index contributed by atoms with van der Waals surface area (Å²) in [6, 6.07) is -3.94. The molecule has 15 atom stereocenters. The average Bonchev–Trinajstić information content (AvgIpc) is 3.16. The van der Waals surface area contributed by atoms with Crippen LogP contribution in [0.25, 0.3) is 0 Å². The summed E-state index contributed by atoms with van der Waals surface area (Å²) in [5, 5.41) is 96.7. The van der Waals surface area contributed by atoms with E-state index in [2.05, 4.69) is 15.6 Å². The van der Waals surface area contributed by atoms with Crippen LogP contribution >= 0.6 is 0 Å². The number of ether oxygens (including phenoxy) is 4. The lowest BCUT2D eigenvalue weighted by molar-refractivity contribution is -0.317. The Bertz CT molecular complexity index is 1110. The molecule has 24 heteroatoms. The van der Waals surface area contributed by atoms with Gasteiger partial charge < -0.3 is 87.6 Å². The molecule has 0 bridgehead atoms. The third-order valence-electron chi connectivity index (χ3n) is 7.55. The van der Waals surface area contributed by atoms with Gasteiger partial charge in [0.15, 0.2) is 24.5 Å². The van der Waals surface area contributed by atoms with Crippen LogP contribution in [0.4, 0.5) is 0 Å². The first-order valence-corrected chi connectivity index (χ1v) is 14.6. The van der Waals surface area contributed by atoms with Crippen molar-refractivity contribution in [1.29, 1.82) is 5.41 Å². The van der Waals surface area contributed by atoms with E-state index in [9.17, 15) is 40.9 Å². The molecule has 1 saturated carbocycles. The highest BCUT2D eigenvalue weighted by Crippen LogP contribution is 2.39. The fourth-order valence-corrected chi connectivity index (χ4v) is 5.22. The molecule has 15 unspecified atom stereocenters. The lowest BCUT2D eigenvalue weighted by atomic mass is 9.81. The van der Waals surface area contributed by atoms with Crippen LogP contribution in [0.15, 0.2) is 4.99 Å². The first-order valence-electron chi connectivity index (χ1n) is 13.2. The van der Waals surface area contributed by atoms with Crippen molar-refractivity contribution in [2.75, 3.05) is 20.3 Å². The van der Waals surface area contributed by atoms with Gasteiger partial charge in [0.1, 0.15) is 60.5 Å². The minimum atomic E-state index is -4.67. The van der Waals surface area contributed by atoms with Crippen LogP contribution in [0.2, 0.25) is 0 Å². The van der Waals surface area contributed by atoms with Gasteiger partial charge in [0.25, 0.3) is 0 Å². The number of rotatable bonds is 9. The van der Waals surface area contributed by atoms with Gasteiger partial charge in [-0.1, -0.05) is 0 Å². The fraction of sp³-hybridized carbons (Fsp3) is 0.905. The minimum absolute atomic E-state index is 0.516. The molecule has 1 aliphatic carbocycles. The molecule has 3 aliphatic rings. The van der Waals surface area contributed by atoms with Crippen molar-refractivity contribution >= 4 is 22.3 Å². The van der Waals surface area contributed by atoms with Crippen molar-refractivity contribution in [3.8, 4) is 0 Å². The number of hydrogen-bond acceptors (Lipinski definition) is 17. The van der Waals surface area contributed by atoms with Crippen molar-refractivity contribution in [2.24, 2.45) is 22.2 Å². The molecular weight excluding hydrogens is 638 g/mol. The molecule has 19 N–H and O–H groups in total. The van der Waals surface area contributed by atoms with Gasteiger partial charge in [-0.15, -0.1) is 0 Å². The fourth-order valence-electron chi connectivity index (χ4n) is 5.22. The third-order valence-corrected chi connectivity index (χ3v) is 7.55. The maximum absolute atomic E-state index is 11.3. The molecule has 45 heavy (non-hydrogen) atoms. The number of aliphatic hydroxyl groups excluding tert-OH is 7. The van der Waals surface area contributed by atoms with Crippen molar-refractivity contribution in [1.82, 2.24) is 10.6 Å². The lowest BCUT2D eigenvalue weighted by Gasteiger charge is -2.46. The number of aliphatic imine (C=N–C) groups is 1. The zero-order chi connectivity index (χ0) is 34.6. The minimum Gasteiger partial charge on any atom is -0.394 e. The number of nitrogens with one attached hydrogen (secondary N) is 3. The predicted octanol–water partition coefficient (Wildman–Crippen LogP) is -8.81. The van der Waals surface area contributed by atoms with Gasteiger partial charge in [-0.2, -0.15) is 8.42 Å². The summed E-state index contributed by atoms with van der Waals surface area (Å²) in [6.07, 6.45) is -16.9. The van der Waals surface area contributed by atoms with E-state index in [1.54, 1.807) is 0 Å². The molecule has 264 valence electrons. The Balaban J connectivity index is 0.00000130. The molecule has 0 aromatic rings. The Morgan fingerprint density at radius 1 is 0.933 bits per heavy atom. The number of guanidine groups is 2. The molecular formula is C21H43N7O16S. The Labute approximate surface area is 256 Å². The largest absolute Gasteiger partial charge is 0.394 e. The normalized spacial score (nSPS) is 43.6. The van der Waals surface area contributed by atoms with Crippen LogP contribution in [-0.2, 0) is 29.3 Å². The second-order valence-corrected chi connectivity index (χ2v) is 11.4. The summed E-state index contributed by atoms with van der Waals surface area (Å²) < 4.78 is 54.7. The first-order chi connectivity index (χ1) is 20.7. The van der Waals surface area contributed by atoms with Gasteiger partial charge in [0, 0.05) is 0 Å². The molecule has 0 amide bonds. The maximum Gasteiger partial charge on any atom is 0.394 e. The van der Waals surface area contributed by atoms with E-state index in [0.717, 1.165) is 0 Å². The highest BCUT2D eigenvalue weighted by Gasteiger charge is 2.60. The summed E-state index contributed by atoms with van der Waals surface area (Å²) in [4.78, 5) is 3.91. The zero-order valence-corrected chi connectivity index (χ0v) is 24.8. The van der Waals surface area contributed by atoms with Crippen LogP contribution in [0, 0.1) is 5.41 Å². The maximum atomic E-state index is 11.3. The SMILES string of the molecule is CNC1C(OC2C(OC3C(O)C(O)C(NC(=N)N)C(O)C3N=C(N)N)OC(C)C2(O)CO)OC(CO)C(O)C1O.O=S(=O)(O)O. The summed E-state index contributed by atoms with van der Waals surface area (Å²) >= 11 is 0. The number of nitrogens with zero attached hydrogens (tertiary/aromatic N) is 1. The van der Waals surface area contributed by atoms with E-state index in [4.69, 9.17) is 59.1 Å². The Morgan fingerprint density at radius 2 is 1.49 bits per heavy atom. The topological polar surface area (TPSA) is 412 Å². The molecule has 2 aliphatic heterocycles. The second kappa shape index (κ2) is 15.7. The van der Waals surface area contributed by atoms with Crippen LogP contribution in [-0.4, -0.2) is 182 Å². The monoisotopic (exact) mass is 681 g/mol. The standard InChI is InChI=1S/C21H41N7O12.H2O4S/c1-5-21(36,4-30)16(40-17-9(26-2)13(34)10(31)6(3-29)38-17)18(37-5)39-15-8(28-20(24)25)11(32)7(27-19(22)23)12(33)14(15)35;1-5(2,3)4/h5-18,26,29-36H,3-4H2,1-2H3,(H4,22,23,27)(H4,24,25,28);(H2,1,2,3,4). The highest BCUT2D eigenvalue weighted by molar-refractivity contribution is 7.79.